The molecule has 3 amide bonds. The van der Waals surface area contributed by atoms with Gasteiger partial charge >= 0.3 is 6.03 Å². The molecule has 6 heteroatoms. The first-order valence-electron chi connectivity index (χ1n) is 9.57. The molecule has 1 saturated heterocycles. The van der Waals surface area contributed by atoms with Crippen LogP contribution in [-0.2, 0) is 10.2 Å². The summed E-state index contributed by atoms with van der Waals surface area (Å²) in [6, 6.07) is 6.12. The number of nitrogens with one attached hydrogen (secondary N) is 1. The molecule has 6 nitrogen and oxygen atoms in total. The van der Waals surface area contributed by atoms with Crippen LogP contribution in [0.5, 0.6) is 5.75 Å². The average Bonchev–Trinajstić information content (AvgIpc) is 2.60. The van der Waals surface area contributed by atoms with Crippen LogP contribution < -0.4 is 10.1 Å². The fourth-order valence-electron chi connectivity index (χ4n) is 3.16. The number of piperidine rings is 1. The summed E-state index contributed by atoms with van der Waals surface area (Å²) in [5.74, 6) is 0.766. The lowest BCUT2D eigenvalue weighted by Crippen LogP contribution is -2.49. The topological polar surface area (TPSA) is 61.9 Å². The highest BCUT2D eigenvalue weighted by atomic mass is 16.5. The molecule has 0 aliphatic carbocycles. The van der Waals surface area contributed by atoms with E-state index in [1.807, 2.05) is 17.0 Å². The lowest BCUT2D eigenvalue weighted by atomic mass is 9.85. The number of rotatable bonds is 4. The van der Waals surface area contributed by atoms with E-state index in [1.165, 1.54) is 10.5 Å². The van der Waals surface area contributed by atoms with Gasteiger partial charge in [0.1, 0.15) is 5.75 Å². The molecule has 0 bridgehead atoms. The van der Waals surface area contributed by atoms with Crippen LogP contribution in [0.15, 0.2) is 18.2 Å². The number of hydrogen-bond donors (Lipinski definition) is 1. The van der Waals surface area contributed by atoms with Gasteiger partial charge in [0.2, 0.25) is 0 Å². The second-order valence-electron chi connectivity index (χ2n) is 8.54. The predicted octanol–water partition coefficient (Wildman–Crippen LogP) is 2.93. The Labute approximate surface area is 162 Å². The minimum atomic E-state index is -0.0859. The summed E-state index contributed by atoms with van der Waals surface area (Å²) in [7, 11) is 3.45. The van der Waals surface area contributed by atoms with Gasteiger partial charge < -0.3 is 19.9 Å². The Bertz CT molecular complexity index is 672. The summed E-state index contributed by atoms with van der Waals surface area (Å²) in [4.78, 5) is 27.6. The monoisotopic (exact) mass is 375 g/mol. The predicted molar refractivity (Wildman–Crippen MR) is 107 cm³/mol. The van der Waals surface area contributed by atoms with Gasteiger partial charge in [-0.3, -0.25) is 4.79 Å². The second kappa shape index (κ2) is 8.63. The van der Waals surface area contributed by atoms with Gasteiger partial charge in [-0.25, -0.2) is 4.79 Å². The van der Waals surface area contributed by atoms with Gasteiger partial charge in [-0.1, -0.05) is 38.5 Å². The highest BCUT2D eigenvalue weighted by Gasteiger charge is 2.25. The summed E-state index contributed by atoms with van der Waals surface area (Å²) < 4.78 is 5.89. The molecule has 1 aromatic rings. The highest BCUT2D eigenvalue weighted by molar-refractivity contribution is 5.78. The van der Waals surface area contributed by atoms with E-state index < -0.39 is 0 Å². The number of aryl methyl sites for hydroxylation is 1. The van der Waals surface area contributed by atoms with E-state index in [0.29, 0.717) is 13.1 Å². The molecular weight excluding hydrogens is 342 g/mol. The Kier molecular flexibility index (Phi) is 6.73. The fourth-order valence-corrected chi connectivity index (χ4v) is 3.16. The summed E-state index contributed by atoms with van der Waals surface area (Å²) in [5, 5.41) is 2.98. The van der Waals surface area contributed by atoms with Crippen LogP contribution in [-0.4, -0.2) is 61.6 Å². The van der Waals surface area contributed by atoms with Gasteiger partial charge in [0.05, 0.1) is 0 Å². The van der Waals surface area contributed by atoms with Crippen LogP contribution in [0.4, 0.5) is 4.79 Å². The van der Waals surface area contributed by atoms with E-state index in [1.54, 1.807) is 14.1 Å². The van der Waals surface area contributed by atoms with E-state index in [4.69, 9.17) is 4.74 Å². The van der Waals surface area contributed by atoms with Crippen molar-refractivity contribution in [3.63, 3.8) is 0 Å². The fraction of sp³-hybridized carbons (Fsp3) is 0.619. The zero-order chi connectivity index (χ0) is 20.2. The molecule has 2 rings (SSSR count). The standard InChI is InChI=1S/C21H33N3O3/c1-15-7-8-18(17(13-15)21(2,3)4)27-14-19(25)24-11-9-16(10-12-24)22-20(26)23(5)6/h7-8,13,16H,9-12,14H2,1-6H3,(H,22,26). The molecule has 1 fully saturated rings. The van der Waals surface area contributed by atoms with Gasteiger partial charge in [-0.05, 0) is 36.8 Å². The molecule has 1 aliphatic heterocycles. The van der Waals surface area contributed by atoms with Crippen molar-refractivity contribution in [1.29, 1.82) is 0 Å². The molecule has 0 unspecified atom stereocenters. The number of likely N-dealkylation sites (tertiary alicyclic amines) is 1. The number of hydrogen-bond acceptors (Lipinski definition) is 3. The van der Waals surface area contributed by atoms with Crippen LogP contribution in [0.2, 0.25) is 0 Å². The molecule has 27 heavy (non-hydrogen) atoms. The molecule has 1 heterocycles. The van der Waals surface area contributed by atoms with Gasteiger partial charge in [0, 0.05) is 33.2 Å². The molecule has 1 aromatic carbocycles. The van der Waals surface area contributed by atoms with Gasteiger partial charge in [-0.2, -0.15) is 0 Å². The zero-order valence-electron chi connectivity index (χ0n) is 17.5. The zero-order valence-corrected chi connectivity index (χ0v) is 17.5. The number of nitrogens with zero attached hydrogens (tertiary/aromatic N) is 2. The quantitative estimate of drug-likeness (QED) is 0.880. The third kappa shape index (κ3) is 5.88. The van der Waals surface area contributed by atoms with Crippen LogP contribution in [0.25, 0.3) is 0 Å². The Morgan fingerprint density at radius 1 is 1.22 bits per heavy atom. The summed E-state index contributed by atoms with van der Waals surface area (Å²) >= 11 is 0. The maximum absolute atomic E-state index is 12.5. The maximum atomic E-state index is 12.5. The normalized spacial score (nSPS) is 15.4. The Balaban J connectivity index is 1.88. The highest BCUT2D eigenvalue weighted by Crippen LogP contribution is 2.32. The molecule has 1 aliphatic rings. The molecule has 0 spiro atoms. The van der Waals surface area contributed by atoms with Crippen molar-refractivity contribution in [2.75, 3.05) is 33.8 Å². The first kappa shape index (κ1) is 21.1. The van der Waals surface area contributed by atoms with E-state index in [0.717, 1.165) is 24.2 Å². The number of benzene rings is 1. The van der Waals surface area contributed by atoms with Crippen molar-refractivity contribution >= 4 is 11.9 Å². The lowest BCUT2D eigenvalue weighted by molar-refractivity contribution is -0.134. The number of carbonyl (C=O) groups excluding carboxylic acids is 2. The molecule has 0 saturated carbocycles. The maximum Gasteiger partial charge on any atom is 0.317 e. The van der Waals surface area contributed by atoms with Crippen molar-refractivity contribution < 1.29 is 14.3 Å². The minimum absolute atomic E-state index is 0.00665. The van der Waals surface area contributed by atoms with Crippen molar-refractivity contribution in [1.82, 2.24) is 15.1 Å². The lowest BCUT2D eigenvalue weighted by Gasteiger charge is -2.33. The van der Waals surface area contributed by atoms with E-state index in [2.05, 4.69) is 39.1 Å². The third-order valence-corrected chi connectivity index (χ3v) is 4.88. The van der Waals surface area contributed by atoms with Crippen molar-refractivity contribution in [3.8, 4) is 5.75 Å². The van der Waals surface area contributed by atoms with Gasteiger partial charge in [-0.15, -0.1) is 0 Å². The number of ether oxygens (including phenoxy) is 1. The third-order valence-electron chi connectivity index (χ3n) is 4.88. The SMILES string of the molecule is Cc1ccc(OCC(=O)N2CCC(NC(=O)N(C)C)CC2)c(C(C)(C)C)c1. The second-order valence-corrected chi connectivity index (χ2v) is 8.54. The van der Waals surface area contributed by atoms with Crippen LogP contribution >= 0.6 is 0 Å². The van der Waals surface area contributed by atoms with E-state index >= 15 is 0 Å². The van der Waals surface area contributed by atoms with Crippen molar-refractivity contribution in [3.05, 3.63) is 29.3 Å². The molecular formula is C21H33N3O3. The summed E-state index contributed by atoms with van der Waals surface area (Å²) in [5.41, 5.74) is 2.24. The Morgan fingerprint density at radius 3 is 2.41 bits per heavy atom. The van der Waals surface area contributed by atoms with Crippen LogP contribution in [0.3, 0.4) is 0 Å². The summed E-state index contributed by atoms with van der Waals surface area (Å²) in [6.45, 7) is 9.81. The molecule has 0 atom stereocenters. The van der Waals surface area contributed by atoms with Crippen molar-refractivity contribution in [2.24, 2.45) is 0 Å². The molecule has 150 valence electrons. The Hall–Kier alpha value is -2.24. The van der Waals surface area contributed by atoms with Crippen LogP contribution in [0, 0.1) is 6.92 Å². The van der Waals surface area contributed by atoms with Gasteiger partial charge in [0.15, 0.2) is 6.61 Å². The van der Waals surface area contributed by atoms with Gasteiger partial charge in [0.25, 0.3) is 5.91 Å². The summed E-state index contributed by atoms with van der Waals surface area (Å²) in [6.07, 6.45) is 1.53. The average molecular weight is 376 g/mol. The number of urea groups is 1. The van der Waals surface area contributed by atoms with Crippen LogP contribution in [0.1, 0.15) is 44.7 Å². The Morgan fingerprint density at radius 2 is 1.85 bits per heavy atom. The first-order valence-corrected chi connectivity index (χ1v) is 9.57. The minimum Gasteiger partial charge on any atom is -0.483 e. The molecule has 0 radical (unpaired) electrons. The molecule has 1 N–H and O–H groups in total. The largest absolute Gasteiger partial charge is 0.483 e. The van der Waals surface area contributed by atoms with E-state index in [-0.39, 0.29) is 30.0 Å². The smallest absolute Gasteiger partial charge is 0.317 e. The number of carbonyl (C=O) groups is 2. The van der Waals surface area contributed by atoms with E-state index in [9.17, 15) is 9.59 Å². The first-order chi connectivity index (χ1) is 12.6. The number of amides is 3. The van der Waals surface area contributed by atoms with Crippen molar-refractivity contribution in [2.45, 2.75) is 52.0 Å². The molecule has 0 aromatic heterocycles.